The Hall–Kier alpha value is -0.833. The molecule has 0 aromatic carbocycles. The summed E-state index contributed by atoms with van der Waals surface area (Å²) >= 11 is 0. The topological polar surface area (TPSA) is 21.6 Å². The summed E-state index contributed by atoms with van der Waals surface area (Å²) in [6.07, 6.45) is 7.46. The Labute approximate surface area is 101 Å². The zero-order chi connectivity index (χ0) is 12.6. The fourth-order valence-corrected chi connectivity index (χ4v) is 1.96. The Kier molecular flexibility index (Phi) is 7.05. The van der Waals surface area contributed by atoms with Gasteiger partial charge < -0.3 is 4.43 Å². The molecule has 0 saturated heterocycles. The van der Waals surface area contributed by atoms with Crippen molar-refractivity contribution in [1.82, 2.24) is 0 Å². The number of hydrogen-bond acceptors (Lipinski definition) is 2. The lowest BCUT2D eigenvalue weighted by Crippen LogP contribution is -2.24. The summed E-state index contributed by atoms with van der Waals surface area (Å²) in [5.74, 6) is 0.537. The number of unbranched alkanes of at least 4 members (excludes halogenated alkanes) is 1. The van der Waals surface area contributed by atoms with E-state index in [-0.39, 0.29) is 0 Å². The van der Waals surface area contributed by atoms with Gasteiger partial charge in [0.1, 0.15) is 0 Å². The highest BCUT2D eigenvalue weighted by atomic mass is 28.4. The molecule has 3 heteroatoms. The molecule has 0 radical (unpaired) electrons. The Morgan fingerprint density at radius 3 is 2.44 bits per heavy atom. The number of hydrogen-bond donors (Lipinski definition) is 0. The van der Waals surface area contributed by atoms with E-state index < -0.39 is 8.32 Å². The largest absolute Gasteiger partial charge is 0.532 e. The Balaban J connectivity index is 4.20. The minimum Gasteiger partial charge on any atom is -0.532 e. The smallest absolute Gasteiger partial charge is 0.244 e. The maximum atomic E-state index is 5.66. The highest BCUT2D eigenvalue weighted by molar-refractivity contribution is 6.70. The van der Waals surface area contributed by atoms with E-state index in [0.717, 1.165) is 6.42 Å². The van der Waals surface area contributed by atoms with Gasteiger partial charge in [0.25, 0.3) is 0 Å². The molecule has 0 rings (SSSR count). The van der Waals surface area contributed by atoms with Crippen molar-refractivity contribution in [2.45, 2.75) is 52.8 Å². The Morgan fingerprint density at radius 1 is 1.38 bits per heavy atom. The van der Waals surface area contributed by atoms with Crippen molar-refractivity contribution in [2.24, 2.45) is 4.99 Å². The summed E-state index contributed by atoms with van der Waals surface area (Å²) in [6.45, 7) is 14.4. The van der Waals surface area contributed by atoms with Gasteiger partial charge in [0.2, 0.25) is 8.32 Å². The molecule has 0 aliphatic heterocycles. The minimum atomic E-state index is -1.56. The molecule has 0 aromatic heterocycles. The first-order chi connectivity index (χ1) is 7.39. The van der Waals surface area contributed by atoms with Crippen LogP contribution in [0.1, 0.15) is 33.1 Å². The Morgan fingerprint density at radius 2 is 2.00 bits per heavy atom. The summed E-state index contributed by atoms with van der Waals surface area (Å²) in [6, 6.07) is 0. The normalized spacial score (nSPS) is 13.2. The maximum absolute atomic E-state index is 5.66. The average molecular weight is 239 g/mol. The van der Waals surface area contributed by atoms with Gasteiger partial charge in [0.15, 0.2) is 5.88 Å². The third kappa shape index (κ3) is 8.47. The lowest BCUT2D eigenvalue weighted by atomic mass is 10.1. The van der Waals surface area contributed by atoms with Gasteiger partial charge in [-0.3, -0.25) is 0 Å². The van der Waals surface area contributed by atoms with Crippen LogP contribution >= 0.6 is 0 Å². The van der Waals surface area contributed by atoms with Crippen molar-refractivity contribution in [3.63, 3.8) is 0 Å². The molecule has 0 N–H and O–H groups in total. The predicted octanol–water partition coefficient (Wildman–Crippen LogP) is 4.52. The summed E-state index contributed by atoms with van der Waals surface area (Å²) in [5, 5.41) is 0. The van der Waals surface area contributed by atoms with E-state index in [0.29, 0.717) is 5.88 Å². The molecule has 0 atom stereocenters. The van der Waals surface area contributed by atoms with Crippen LogP contribution in [0.3, 0.4) is 0 Å². The monoisotopic (exact) mass is 239 g/mol. The molecule has 0 bridgehead atoms. The second-order valence-electron chi connectivity index (χ2n) is 4.83. The molecule has 0 aromatic rings. The van der Waals surface area contributed by atoms with Crippen molar-refractivity contribution >= 4 is 14.5 Å². The van der Waals surface area contributed by atoms with Gasteiger partial charge in [-0.2, -0.15) is 0 Å². The summed E-state index contributed by atoms with van der Waals surface area (Å²) in [4.78, 5) is 4.26. The summed E-state index contributed by atoms with van der Waals surface area (Å²) in [5.41, 5.74) is 1.25. The van der Waals surface area contributed by atoms with Crippen molar-refractivity contribution in [2.75, 3.05) is 0 Å². The second kappa shape index (κ2) is 7.44. The van der Waals surface area contributed by atoms with E-state index >= 15 is 0 Å². The van der Waals surface area contributed by atoms with Crippen molar-refractivity contribution in [3.05, 3.63) is 24.1 Å². The van der Waals surface area contributed by atoms with Crippen LogP contribution in [-0.2, 0) is 4.43 Å². The molecule has 2 nitrogen and oxygen atoms in total. The quantitative estimate of drug-likeness (QED) is 0.364. The van der Waals surface area contributed by atoms with E-state index in [4.69, 9.17) is 4.43 Å². The minimum absolute atomic E-state index is 0.537. The van der Waals surface area contributed by atoms with Gasteiger partial charge in [0, 0.05) is 6.21 Å². The van der Waals surface area contributed by atoms with Crippen LogP contribution in [0.4, 0.5) is 0 Å². The molecule has 92 valence electrons. The van der Waals surface area contributed by atoms with Crippen LogP contribution < -0.4 is 0 Å². The fourth-order valence-electron chi connectivity index (χ4n) is 1.20. The van der Waals surface area contributed by atoms with Crippen LogP contribution in [0, 0.1) is 0 Å². The summed E-state index contributed by atoms with van der Waals surface area (Å²) in [7, 11) is -1.56. The zero-order valence-electron chi connectivity index (χ0n) is 11.3. The van der Waals surface area contributed by atoms with E-state index in [1.165, 1.54) is 18.4 Å². The second-order valence-corrected chi connectivity index (χ2v) is 9.26. The van der Waals surface area contributed by atoms with Crippen molar-refractivity contribution in [1.29, 1.82) is 0 Å². The highest BCUT2D eigenvalue weighted by Crippen LogP contribution is 2.11. The number of rotatable bonds is 7. The highest BCUT2D eigenvalue weighted by Gasteiger charge is 2.16. The van der Waals surface area contributed by atoms with Crippen molar-refractivity contribution in [3.8, 4) is 0 Å². The van der Waals surface area contributed by atoms with Crippen LogP contribution in [0.5, 0.6) is 0 Å². The number of nitrogens with zero attached hydrogens (tertiary/aromatic N) is 1. The van der Waals surface area contributed by atoms with Gasteiger partial charge >= 0.3 is 0 Å². The fraction of sp³-hybridized carbons (Fsp3) is 0.615. The van der Waals surface area contributed by atoms with E-state index in [2.05, 4.69) is 44.2 Å². The van der Waals surface area contributed by atoms with Gasteiger partial charge in [0.05, 0.1) is 0 Å². The third-order valence-electron chi connectivity index (χ3n) is 1.99. The van der Waals surface area contributed by atoms with Crippen LogP contribution in [0.2, 0.25) is 19.6 Å². The molecule has 0 unspecified atom stereocenters. The van der Waals surface area contributed by atoms with Gasteiger partial charge in [-0.1, -0.05) is 19.4 Å². The molecule has 0 fully saturated rings. The summed E-state index contributed by atoms with van der Waals surface area (Å²) < 4.78 is 5.66. The SMILES string of the molecule is C=C(N=CC(=CC)CCCC)O[Si](C)(C)C. The molecule has 0 aliphatic rings. The van der Waals surface area contributed by atoms with E-state index in [1.807, 2.05) is 13.1 Å². The molecule has 0 aliphatic carbocycles. The maximum Gasteiger partial charge on any atom is 0.244 e. The van der Waals surface area contributed by atoms with Crippen LogP contribution in [0.15, 0.2) is 29.1 Å². The average Bonchev–Trinajstić information content (AvgIpc) is 2.15. The molecule has 0 spiro atoms. The number of allylic oxidation sites excluding steroid dienone is 2. The van der Waals surface area contributed by atoms with Crippen LogP contribution in [-0.4, -0.2) is 14.5 Å². The zero-order valence-corrected chi connectivity index (χ0v) is 12.3. The van der Waals surface area contributed by atoms with Gasteiger partial charge in [-0.15, -0.1) is 0 Å². The molecule has 0 saturated carbocycles. The molecule has 16 heavy (non-hydrogen) atoms. The molecule has 0 heterocycles. The first kappa shape index (κ1) is 15.2. The van der Waals surface area contributed by atoms with Gasteiger partial charge in [-0.05, 0) is 51.6 Å². The Bertz CT molecular complexity index is 274. The molecular weight excluding hydrogens is 214 g/mol. The first-order valence-corrected chi connectivity index (χ1v) is 9.37. The van der Waals surface area contributed by atoms with Gasteiger partial charge in [-0.25, -0.2) is 4.99 Å². The third-order valence-corrected chi connectivity index (χ3v) is 2.84. The first-order valence-electron chi connectivity index (χ1n) is 5.96. The lowest BCUT2D eigenvalue weighted by Gasteiger charge is -2.18. The lowest BCUT2D eigenvalue weighted by molar-refractivity contribution is 0.421. The molecule has 0 amide bonds. The predicted molar refractivity (Wildman–Crippen MR) is 75.3 cm³/mol. The standard InChI is InChI=1S/C13H25NOSi/c1-7-9-10-13(8-2)11-14-12(3)15-16(4,5)6/h8,11H,3,7,9-10H2,1-2,4-6H3. The van der Waals surface area contributed by atoms with Crippen molar-refractivity contribution < 1.29 is 4.43 Å². The number of aliphatic imine (C=N–C) groups is 1. The van der Waals surface area contributed by atoms with E-state index in [9.17, 15) is 0 Å². The molecular formula is C13H25NOSi. The van der Waals surface area contributed by atoms with Crippen LogP contribution in [0.25, 0.3) is 0 Å². The van der Waals surface area contributed by atoms with E-state index in [1.54, 1.807) is 0 Å².